The van der Waals surface area contributed by atoms with Gasteiger partial charge in [-0.2, -0.15) is 0 Å². The third-order valence-electron chi connectivity index (χ3n) is 1.66. The van der Waals surface area contributed by atoms with Crippen molar-refractivity contribution in [1.29, 1.82) is 0 Å². The number of ether oxygens (including phenoxy) is 1. The van der Waals surface area contributed by atoms with E-state index in [0.29, 0.717) is 6.20 Å². The molecule has 90 valence electrons. The molecule has 0 radical (unpaired) electrons. The summed E-state index contributed by atoms with van der Waals surface area (Å²) in [6, 6.07) is 0. The summed E-state index contributed by atoms with van der Waals surface area (Å²) >= 11 is 5.30. The van der Waals surface area contributed by atoms with Crippen LogP contribution in [-0.2, 0) is 12.5 Å². The molecule has 1 rings (SSSR count). The van der Waals surface area contributed by atoms with Crippen molar-refractivity contribution in [3.63, 3.8) is 0 Å². The van der Waals surface area contributed by atoms with E-state index in [1.165, 1.54) is 0 Å². The van der Waals surface area contributed by atoms with Crippen LogP contribution in [0.25, 0.3) is 0 Å². The Morgan fingerprint density at radius 3 is 2.50 bits per heavy atom. The number of aliphatic hydroxyl groups excluding tert-OH is 1. The van der Waals surface area contributed by atoms with Crippen LogP contribution in [0.4, 0.5) is 17.6 Å². The minimum Gasteiger partial charge on any atom is -0.403 e. The summed E-state index contributed by atoms with van der Waals surface area (Å²) in [6.45, 7) is -0.810. The van der Waals surface area contributed by atoms with Crippen LogP contribution in [-0.4, -0.2) is 16.5 Å². The Labute approximate surface area is 92.6 Å². The van der Waals surface area contributed by atoms with Gasteiger partial charge in [-0.25, -0.2) is 4.39 Å². The van der Waals surface area contributed by atoms with E-state index in [1.54, 1.807) is 0 Å². The van der Waals surface area contributed by atoms with Gasteiger partial charge in [0.2, 0.25) is 0 Å². The highest BCUT2D eigenvalue weighted by Crippen LogP contribution is 2.31. The van der Waals surface area contributed by atoms with E-state index in [4.69, 9.17) is 16.7 Å². The standard InChI is InChI=1S/C8H6ClF4NO2/c9-1-4-5(10)2-14-6(3-15)7(4)16-8(11,12)13/h2,15H,1,3H2. The highest BCUT2D eigenvalue weighted by molar-refractivity contribution is 6.17. The smallest absolute Gasteiger partial charge is 0.403 e. The maximum Gasteiger partial charge on any atom is 0.573 e. The molecule has 0 atom stereocenters. The lowest BCUT2D eigenvalue weighted by molar-refractivity contribution is -0.275. The van der Waals surface area contributed by atoms with E-state index in [2.05, 4.69) is 9.72 Å². The van der Waals surface area contributed by atoms with Gasteiger partial charge in [-0.1, -0.05) is 0 Å². The second-order valence-corrected chi connectivity index (χ2v) is 2.97. The lowest BCUT2D eigenvalue weighted by atomic mass is 10.2. The fourth-order valence-corrected chi connectivity index (χ4v) is 1.28. The van der Waals surface area contributed by atoms with Crippen molar-refractivity contribution < 1.29 is 27.4 Å². The predicted molar refractivity (Wildman–Crippen MR) is 46.4 cm³/mol. The molecule has 1 heterocycles. The summed E-state index contributed by atoms with van der Waals surface area (Å²) in [5.41, 5.74) is -0.910. The largest absolute Gasteiger partial charge is 0.573 e. The average molecular weight is 260 g/mol. The van der Waals surface area contributed by atoms with Crippen LogP contribution in [0.15, 0.2) is 6.20 Å². The summed E-state index contributed by atoms with van der Waals surface area (Å²) in [4.78, 5) is 3.28. The first-order chi connectivity index (χ1) is 7.39. The van der Waals surface area contributed by atoms with Gasteiger partial charge < -0.3 is 9.84 Å². The van der Waals surface area contributed by atoms with Crippen molar-refractivity contribution in [1.82, 2.24) is 4.98 Å². The fourth-order valence-electron chi connectivity index (χ4n) is 1.03. The summed E-state index contributed by atoms with van der Waals surface area (Å²) in [5, 5.41) is 8.75. The third-order valence-corrected chi connectivity index (χ3v) is 1.93. The van der Waals surface area contributed by atoms with Crippen LogP contribution in [0.5, 0.6) is 5.75 Å². The first-order valence-corrected chi connectivity index (χ1v) is 4.51. The molecule has 0 saturated heterocycles. The molecule has 1 aromatic rings. The van der Waals surface area contributed by atoms with E-state index >= 15 is 0 Å². The van der Waals surface area contributed by atoms with Gasteiger partial charge in [-0.15, -0.1) is 24.8 Å². The minimum atomic E-state index is -5.00. The van der Waals surface area contributed by atoms with Gasteiger partial charge in [0.15, 0.2) is 5.75 Å². The van der Waals surface area contributed by atoms with Crippen molar-refractivity contribution in [2.75, 3.05) is 0 Å². The van der Waals surface area contributed by atoms with Gasteiger partial charge in [-0.05, 0) is 0 Å². The van der Waals surface area contributed by atoms with Gasteiger partial charge in [-0.3, -0.25) is 4.98 Å². The highest BCUT2D eigenvalue weighted by atomic mass is 35.5. The lowest BCUT2D eigenvalue weighted by Gasteiger charge is -2.14. The zero-order chi connectivity index (χ0) is 12.3. The SMILES string of the molecule is OCc1ncc(F)c(CCl)c1OC(F)(F)F. The molecule has 16 heavy (non-hydrogen) atoms. The molecule has 3 nitrogen and oxygen atoms in total. The Kier molecular flexibility index (Phi) is 3.93. The number of hydrogen-bond acceptors (Lipinski definition) is 3. The Bertz CT molecular complexity index is 383. The normalized spacial score (nSPS) is 11.6. The van der Waals surface area contributed by atoms with Gasteiger partial charge in [0, 0.05) is 5.56 Å². The van der Waals surface area contributed by atoms with Crippen LogP contribution in [0.1, 0.15) is 11.3 Å². The number of hydrogen-bond donors (Lipinski definition) is 1. The zero-order valence-electron chi connectivity index (χ0n) is 7.68. The summed E-state index contributed by atoms with van der Waals surface area (Å²) in [5.74, 6) is -2.43. The van der Waals surface area contributed by atoms with Gasteiger partial charge in [0.25, 0.3) is 0 Å². The maximum absolute atomic E-state index is 13.1. The summed E-state index contributed by atoms with van der Waals surface area (Å²) in [6.07, 6.45) is -4.33. The van der Waals surface area contributed by atoms with Crippen molar-refractivity contribution in [3.8, 4) is 5.75 Å². The summed E-state index contributed by atoms with van der Waals surface area (Å²) < 4.78 is 52.7. The molecule has 1 N–H and O–H groups in total. The summed E-state index contributed by atoms with van der Waals surface area (Å²) in [7, 11) is 0. The Morgan fingerprint density at radius 1 is 1.44 bits per heavy atom. The number of aromatic nitrogens is 1. The number of nitrogens with zero attached hydrogens (tertiary/aromatic N) is 1. The molecule has 0 aromatic carbocycles. The molecule has 0 saturated carbocycles. The van der Waals surface area contributed by atoms with E-state index in [9.17, 15) is 17.6 Å². The Morgan fingerprint density at radius 2 is 2.06 bits per heavy atom. The molecule has 0 aliphatic rings. The zero-order valence-corrected chi connectivity index (χ0v) is 8.44. The van der Waals surface area contributed by atoms with Crippen molar-refractivity contribution >= 4 is 11.6 Å². The van der Waals surface area contributed by atoms with Crippen LogP contribution < -0.4 is 4.74 Å². The van der Waals surface area contributed by atoms with E-state index in [0.717, 1.165) is 0 Å². The third kappa shape index (κ3) is 2.96. The molecule has 0 spiro atoms. The quantitative estimate of drug-likeness (QED) is 0.669. The van der Waals surface area contributed by atoms with Crippen LogP contribution >= 0.6 is 11.6 Å². The topological polar surface area (TPSA) is 42.4 Å². The second-order valence-electron chi connectivity index (χ2n) is 2.70. The molecular weight excluding hydrogens is 254 g/mol. The lowest BCUT2D eigenvalue weighted by Crippen LogP contribution is -2.20. The van der Waals surface area contributed by atoms with Gasteiger partial charge in [0.05, 0.1) is 18.7 Å². The van der Waals surface area contributed by atoms with E-state index in [1.807, 2.05) is 0 Å². The van der Waals surface area contributed by atoms with Gasteiger partial charge in [0.1, 0.15) is 11.5 Å². The first-order valence-electron chi connectivity index (χ1n) is 3.98. The molecule has 0 aliphatic heterocycles. The molecule has 8 heteroatoms. The number of pyridine rings is 1. The predicted octanol–water partition coefficient (Wildman–Crippen LogP) is 2.35. The van der Waals surface area contributed by atoms with Crippen molar-refractivity contribution in [2.24, 2.45) is 0 Å². The van der Waals surface area contributed by atoms with Crippen molar-refractivity contribution in [3.05, 3.63) is 23.3 Å². The molecule has 0 fully saturated rings. The fraction of sp³-hybridized carbons (Fsp3) is 0.375. The average Bonchev–Trinajstić information content (AvgIpc) is 2.16. The Balaban J connectivity index is 3.25. The first kappa shape index (κ1) is 13.0. The van der Waals surface area contributed by atoms with E-state index in [-0.39, 0.29) is 0 Å². The molecule has 0 aliphatic carbocycles. The van der Waals surface area contributed by atoms with Crippen LogP contribution in [0, 0.1) is 5.82 Å². The molecular formula is C8H6ClF4NO2. The number of alkyl halides is 4. The van der Waals surface area contributed by atoms with Crippen LogP contribution in [0.2, 0.25) is 0 Å². The van der Waals surface area contributed by atoms with E-state index < -0.39 is 41.7 Å². The second kappa shape index (κ2) is 4.84. The van der Waals surface area contributed by atoms with Gasteiger partial charge >= 0.3 is 6.36 Å². The molecule has 0 amide bonds. The number of halogens is 5. The molecule has 0 bridgehead atoms. The molecule has 0 unspecified atom stereocenters. The highest BCUT2D eigenvalue weighted by Gasteiger charge is 2.34. The van der Waals surface area contributed by atoms with Crippen molar-refractivity contribution in [2.45, 2.75) is 18.8 Å². The number of rotatable bonds is 3. The maximum atomic E-state index is 13.1. The monoisotopic (exact) mass is 259 g/mol. The molecule has 1 aromatic heterocycles. The minimum absolute atomic E-state index is 0.422. The van der Waals surface area contributed by atoms with Crippen LogP contribution in [0.3, 0.4) is 0 Å². The Hall–Kier alpha value is -1.08. The number of aliphatic hydroxyl groups is 1.